The van der Waals surface area contributed by atoms with E-state index in [-0.39, 0.29) is 29.7 Å². The van der Waals surface area contributed by atoms with Crippen LogP contribution in [0.4, 0.5) is 17.3 Å². The van der Waals surface area contributed by atoms with Crippen molar-refractivity contribution in [2.75, 3.05) is 28.2 Å². The Morgan fingerprint density at radius 3 is 2.38 bits per heavy atom. The third-order valence-electron chi connectivity index (χ3n) is 4.12. The van der Waals surface area contributed by atoms with Gasteiger partial charge in [-0.2, -0.15) is 12.6 Å². The minimum Gasteiger partial charge on any atom is -0.508 e. The van der Waals surface area contributed by atoms with Gasteiger partial charge < -0.3 is 15.5 Å². The van der Waals surface area contributed by atoms with E-state index in [9.17, 15) is 18.6 Å². The first-order valence-electron chi connectivity index (χ1n) is 9.00. The third kappa shape index (κ3) is 5.49. The number of phenols is 1. The first kappa shape index (κ1) is 21.2. The molecular weight excluding hydrogens is 412 g/mol. The number of nitrogens with one attached hydrogen (secondary N) is 2. The van der Waals surface area contributed by atoms with Crippen molar-refractivity contribution < 1.29 is 18.6 Å². The molecule has 0 aliphatic rings. The van der Waals surface area contributed by atoms with Crippen molar-refractivity contribution in [3.05, 3.63) is 48.0 Å². The summed E-state index contributed by atoms with van der Waals surface area (Å²) in [6.45, 7) is -0.0773. The topological polar surface area (TPSA) is 124 Å². The number of fused-ring (bicyclic) bond motifs is 1. The molecule has 10 heteroatoms. The van der Waals surface area contributed by atoms with Crippen LogP contribution in [0.25, 0.3) is 11.0 Å². The summed E-state index contributed by atoms with van der Waals surface area (Å²) in [6, 6.07) is 11.8. The number of rotatable bonds is 9. The summed E-state index contributed by atoms with van der Waals surface area (Å²) in [5.74, 6) is 0.637. The van der Waals surface area contributed by atoms with Gasteiger partial charge in [-0.25, -0.2) is 18.4 Å². The molecule has 4 N–H and O–H groups in total. The molecule has 8 nitrogen and oxygen atoms in total. The van der Waals surface area contributed by atoms with Gasteiger partial charge in [-0.05, 0) is 42.4 Å². The van der Waals surface area contributed by atoms with Crippen LogP contribution in [-0.2, 0) is 16.4 Å². The van der Waals surface area contributed by atoms with E-state index in [0.717, 1.165) is 5.56 Å². The van der Waals surface area contributed by atoms with Gasteiger partial charge in [-0.1, -0.05) is 18.2 Å². The normalized spacial score (nSPS) is 11.5. The van der Waals surface area contributed by atoms with Crippen molar-refractivity contribution in [3.8, 4) is 5.75 Å². The van der Waals surface area contributed by atoms with Gasteiger partial charge in [0.1, 0.15) is 5.75 Å². The predicted molar refractivity (Wildman–Crippen MR) is 118 cm³/mol. The maximum atomic E-state index is 12.4. The molecule has 0 saturated heterocycles. The van der Waals surface area contributed by atoms with E-state index in [0.29, 0.717) is 35.3 Å². The first-order valence-corrected chi connectivity index (χ1v) is 11.3. The summed E-state index contributed by atoms with van der Waals surface area (Å²) < 4.78 is 27.3. The number of anilines is 3. The molecule has 0 aliphatic carbocycles. The van der Waals surface area contributed by atoms with Crippen LogP contribution in [-0.4, -0.2) is 46.7 Å². The number of hydrogen-bond donors (Lipinski definition) is 5. The molecule has 1 heterocycles. The Kier molecular flexibility index (Phi) is 6.78. The smallest absolute Gasteiger partial charge is 0.234 e. The van der Waals surface area contributed by atoms with Crippen LogP contribution >= 0.6 is 12.6 Å². The summed E-state index contributed by atoms with van der Waals surface area (Å²) >= 11 is 4.06. The molecule has 0 saturated carbocycles. The highest BCUT2D eigenvalue weighted by Crippen LogP contribution is 2.30. The van der Waals surface area contributed by atoms with Crippen molar-refractivity contribution in [2.24, 2.45) is 0 Å². The third-order valence-corrected chi connectivity index (χ3v) is 5.77. The van der Waals surface area contributed by atoms with Crippen LogP contribution in [0.3, 0.4) is 0 Å². The lowest BCUT2D eigenvalue weighted by molar-refractivity contribution is 0.300. The molecule has 29 heavy (non-hydrogen) atoms. The lowest BCUT2D eigenvalue weighted by atomic mass is 10.1. The maximum absolute atomic E-state index is 12.4. The number of thiol groups is 1. The van der Waals surface area contributed by atoms with Crippen LogP contribution in [0.5, 0.6) is 5.75 Å². The Bertz CT molecular complexity index is 1110. The van der Waals surface area contributed by atoms with E-state index >= 15 is 0 Å². The monoisotopic (exact) mass is 434 g/mol. The first-order chi connectivity index (χ1) is 13.9. The average Bonchev–Trinajstić information content (AvgIpc) is 2.69. The Balaban J connectivity index is 2.05. The highest BCUT2D eigenvalue weighted by Gasteiger charge is 2.17. The zero-order valence-electron chi connectivity index (χ0n) is 15.5. The molecule has 3 rings (SSSR count). The van der Waals surface area contributed by atoms with Crippen LogP contribution < -0.4 is 10.0 Å². The van der Waals surface area contributed by atoms with Crippen LogP contribution in [0.1, 0.15) is 12.0 Å². The van der Waals surface area contributed by atoms with Crippen molar-refractivity contribution in [1.29, 1.82) is 0 Å². The largest absolute Gasteiger partial charge is 0.508 e. The molecule has 0 unspecified atom stereocenters. The summed E-state index contributed by atoms with van der Waals surface area (Å²) in [6.07, 6.45) is 0.752. The Morgan fingerprint density at radius 1 is 1.03 bits per heavy atom. The van der Waals surface area contributed by atoms with E-state index in [1.165, 1.54) is 12.1 Å². The summed E-state index contributed by atoms with van der Waals surface area (Å²) in [5, 5.41) is 22.2. The fraction of sp³-hybridized carbons (Fsp3) is 0.263. The summed E-state index contributed by atoms with van der Waals surface area (Å²) in [5.41, 5.74) is 2.36. The molecule has 0 spiro atoms. The quantitative estimate of drug-likeness (QED) is 0.328. The Labute approximate surface area is 174 Å². The number of sulfonamides is 1. The number of benzene rings is 2. The molecule has 1 aromatic heterocycles. The molecule has 154 valence electrons. The number of para-hydroxylation sites is 2. The lowest BCUT2D eigenvalue weighted by Gasteiger charge is -2.16. The van der Waals surface area contributed by atoms with E-state index in [2.05, 4.69) is 32.6 Å². The Morgan fingerprint density at radius 2 is 1.72 bits per heavy atom. The van der Waals surface area contributed by atoms with Gasteiger partial charge in [0.2, 0.25) is 10.0 Å². The van der Waals surface area contributed by atoms with Crippen molar-refractivity contribution in [1.82, 2.24) is 9.97 Å². The SMILES string of the molecule is O=S(=O)(CCCS)Nc1nc2ccccc2nc1Nc1cc(O)ccc1CCO. The van der Waals surface area contributed by atoms with Crippen LogP contribution in [0.15, 0.2) is 42.5 Å². The second kappa shape index (κ2) is 9.29. The van der Waals surface area contributed by atoms with Crippen molar-refractivity contribution >= 4 is 51.0 Å². The van der Waals surface area contributed by atoms with Crippen LogP contribution in [0.2, 0.25) is 0 Å². The van der Waals surface area contributed by atoms with Gasteiger partial charge in [0, 0.05) is 18.4 Å². The zero-order valence-corrected chi connectivity index (χ0v) is 17.2. The minimum atomic E-state index is -3.64. The lowest BCUT2D eigenvalue weighted by Crippen LogP contribution is -2.19. The van der Waals surface area contributed by atoms with E-state index in [4.69, 9.17) is 0 Å². The fourth-order valence-electron chi connectivity index (χ4n) is 2.76. The predicted octanol–water partition coefficient (Wildman–Crippen LogP) is 2.68. The fourth-order valence-corrected chi connectivity index (χ4v) is 4.19. The van der Waals surface area contributed by atoms with Gasteiger partial charge in [0.05, 0.1) is 16.8 Å². The van der Waals surface area contributed by atoms with Gasteiger partial charge in [0.25, 0.3) is 0 Å². The Hall–Kier alpha value is -2.56. The molecule has 0 radical (unpaired) electrons. The zero-order chi connectivity index (χ0) is 20.9. The summed E-state index contributed by atoms with van der Waals surface area (Å²) in [4.78, 5) is 8.92. The van der Waals surface area contributed by atoms with E-state index in [1.807, 2.05) is 6.07 Å². The van der Waals surface area contributed by atoms with Crippen molar-refractivity contribution in [3.63, 3.8) is 0 Å². The van der Waals surface area contributed by atoms with Crippen LogP contribution in [0, 0.1) is 0 Å². The van der Waals surface area contributed by atoms with Gasteiger partial charge in [-0.3, -0.25) is 4.72 Å². The number of nitrogens with zero attached hydrogens (tertiary/aromatic N) is 2. The standard InChI is InChI=1S/C19H22N4O4S2/c24-9-8-13-6-7-14(25)12-17(13)22-18-19(23-29(26,27)11-3-10-28)21-16-5-2-1-4-15(16)20-18/h1-2,4-7,12,24-25,28H,3,8-11H2,(H,20,22)(H,21,23). The maximum Gasteiger partial charge on any atom is 0.234 e. The molecule has 0 amide bonds. The number of aliphatic hydroxyl groups excluding tert-OH is 1. The van der Waals surface area contributed by atoms with E-state index in [1.54, 1.807) is 24.3 Å². The number of aliphatic hydroxyl groups is 1. The number of aromatic nitrogens is 2. The molecular formula is C19H22N4O4S2. The highest BCUT2D eigenvalue weighted by molar-refractivity contribution is 7.92. The molecule has 3 aromatic rings. The molecule has 0 aliphatic heterocycles. The number of hydrogen-bond acceptors (Lipinski definition) is 8. The van der Waals surface area contributed by atoms with Gasteiger partial charge >= 0.3 is 0 Å². The number of phenolic OH excluding ortho intramolecular Hbond substituents is 1. The molecule has 0 atom stereocenters. The van der Waals surface area contributed by atoms with Gasteiger partial charge in [0.15, 0.2) is 11.6 Å². The molecule has 0 fully saturated rings. The van der Waals surface area contributed by atoms with Crippen molar-refractivity contribution in [2.45, 2.75) is 12.8 Å². The molecule has 0 bridgehead atoms. The average molecular weight is 435 g/mol. The summed E-state index contributed by atoms with van der Waals surface area (Å²) in [7, 11) is -3.64. The van der Waals surface area contributed by atoms with E-state index < -0.39 is 10.0 Å². The second-order valence-electron chi connectivity index (χ2n) is 6.35. The molecule has 2 aromatic carbocycles. The minimum absolute atomic E-state index is 0.0267. The van der Waals surface area contributed by atoms with Gasteiger partial charge in [-0.15, -0.1) is 0 Å². The second-order valence-corrected chi connectivity index (χ2v) is 8.64. The number of aromatic hydroxyl groups is 1. The highest BCUT2D eigenvalue weighted by atomic mass is 32.2.